The number of nitrogens with two attached hydrogens (primary N) is 1. The molecule has 19 heavy (non-hydrogen) atoms. The zero-order chi connectivity index (χ0) is 14.0. The minimum absolute atomic E-state index is 0. The molecule has 0 bridgehead atoms. The fourth-order valence-electron chi connectivity index (χ4n) is 1.08. The molecule has 0 aromatic carbocycles. The van der Waals surface area contributed by atoms with E-state index in [4.69, 9.17) is 10.2 Å². The smallest absolute Gasteiger partial charge is 0.287 e. The summed E-state index contributed by atoms with van der Waals surface area (Å²) < 4.78 is 29.9. The number of hydrogen-bond donors (Lipinski definition) is 3. The molecule has 0 aliphatic rings. The molecule has 0 radical (unpaired) electrons. The van der Waals surface area contributed by atoms with Crippen LogP contribution in [0.2, 0.25) is 0 Å². The van der Waals surface area contributed by atoms with Gasteiger partial charge in [-0.05, 0) is 33.0 Å². The number of furan rings is 1. The summed E-state index contributed by atoms with van der Waals surface area (Å²) in [5, 5.41) is 2.25. The highest BCUT2D eigenvalue weighted by Gasteiger charge is 2.20. The van der Waals surface area contributed by atoms with Crippen molar-refractivity contribution in [2.45, 2.75) is 24.5 Å². The fraction of sp³-hybridized carbons (Fsp3) is 0.500. The Morgan fingerprint density at radius 1 is 1.42 bits per heavy atom. The van der Waals surface area contributed by atoms with Crippen molar-refractivity contribution >= 4 is 28.3 Å². The number of halogens is 1. The second-order valence-electron chi connectivity index (χ2n) is 4.50. The van der Waals surface area contributed by atoms with Gasteiger partial charge in [-0.2, -0.15) is 0 Å². The van der Waals surface area contributed by atoms with E-state index in [0.29, 0.717) is 0 Å². The Kier molecular flexibility index (Phi) is 6.01. The van der Waals surface area contributed by atoms with Crippen LogP contribution in [0, 0.1) is 0 Å². The van der Waals surface area contributed by atoms with Crippen LogP contribution in [0.3, 0.4) is 0 Å². The second kappa shape index (κ2) is 6.38. The molecule has 0 aliphatic carbocycles. The van der Waals surface area contributed by atoms with Gasteiger partial charge in [0.1, 0.15) is 0 Å². The molecular formula is C10H18ClN3O4S. The van der Waals surface area contributed by atoms with Gasteiger partial charge in [-0.25, -0.2) is 13.1 Å². The van der Waals surface area contributed by atoms with Gasteiger partial charge in [-0.15, -0.1) is 12.4 Å². The van der Waals surface area contributed by atoms with Crippen LogP contribution in [-0.4, -0.2) is 33.5 Å². The number of amides is 1. The summed E-state index contributed by atoms with van der Waals surface area (Å²) in [6.07, 6.45) is 0. The Labute approximate surface area is 118 Å². The number of carbonyl (C=O) groups excluding carboxylic acids is 1. The molecule has 0 saturated heterocycles. The Balaban J connectivity index is 0.00000324. The van der Waals surface area contributed by atoms with Gasteiger partial charge in [0, 0.05) is 12.1 Å². The first-order chi connectivity index (χ1) is 8.15. The van der Waals surface area contributed by atoms with Crippen molar-refractivity contribution in [3.8, 4) is 0 Å². The lowest BCUT2D eigenvalue weighted by Gasteiger charge is -2.18. The van der Waals surface area contributed by atoms with Crippen LogP contribution in [0.25, 0.3) is 0 Å². The number of rotatable bonds is 5. The predicted octanol–water partition coefficient (Wildman–Crippen LogP) is 0.0766. The molecule has 0 unspecified atom stereocenters. The van der Waals surface area contributed by atoms with Gasteiger partial charge in [-0.1, -0.05) is 0 Å². The van der Waals surface area contributed by atoms with Crippen molar-refractivity contribution in [3.63, 3.8) is 0 Å². The molecule has 0 saturated carbocycles. The van der Waals surface area contributed by atoms with Gasteiger partial charge in [0.25, 0.3) is 15.9 Å². The first-order valence-corrected chi connectivity index (χ1v) is 6.74. The molecule has 1 aromatic heterocycles. The van der Waals surface area contributed by atoms with Gasteiger partial charge in [0.15, 0.2) is 5.76 Å². The van der Waals surface area contributed by atoms with Crippen LogP contribution in [0.4, 0.5) is 0 Å². The molecule has 4 N–H and O–H groups in total. The largest absolute Gasteiger partial charge is 0.438 e. The highest BCUT2D eigenvalue weighted by Crippen LogP contribution is 2.13. The van der Waals surface area contributed by atoms with Crippen molar-refractivity contribution in [2.75, 3.05) is 13.6 Å². The van der Waals surface area contributed by atoms with E-state index in [0.717, 1.165) is 0 Å². The van der Waals surface area contributed by atoms with Crippen LogP contribution < -0.4 is 15.8 Å². The quantitative estimate of drug-likeness (QED) is 0.712. The van der Waals surface area contributed by atoms with E-state index in [1.807, 2.05) is 0 Å². The maximum atomic E-state index is 11.6. The van der Waals surface area contributed by atoms with Crippen LogP contribution in [-0.2, 0) is 10.0 Å². The summed E-state index contributed by atoms with van der Waals surface area (Å²) in [5.41, 5.74) is 5.15. The average Bonchev–Trinajstić information content (AvgIpc) is 2.74. The summed E-state index contributed by atoms with van der Waals surface area (Å²) in [7, 11) is -2.42. The number of nitrogens with one attached hydrogen (secondary N) is 2. The monoisotopic (exact) mass is 311 g/mol. The van der Waals surface area contributed by atoms with E-state index in [1.165, 1.54) is 19.2 Å². The molecule has 1 aromatic rings. The third-order valence-corrected chi connectivity index (χ3v) is 3.33. The molecule has 7 nitrogen and oxygen atoms in total. The van der Waals surface area contributed by atoms with Crippen LogP contribution in [0.15, 0.2) is 21.6 Å². The number of sulfonamides is 1. The van der Waals surface area contributed by atoms with E-state index in [2.05, 4.69) is 10.0 Å². The lowest BCUT2D eigenvalue weighted by atomic mass is 10.1. The Morgan fingerprint density at radius 3 is 2.47 bits per heavy atom. The highest BCUT2D eigenvalue weighted by molar-refractivity contribution is 7.89. The SMILES string of the molecule is CNS(=O)(=O)c1ccc(C(=O)NCC(C)(C)N)o1.Cl. The maximum Gasteiger partial charge on any atom is 0.287 e. The Morgan fingerprint density at radius 2 is 2.00 bits per heavy atom. The number of carbonyl (C=O) groups is 1. The summed E-state index contributed by atoms with van der Waals surface area (Å²) in [6.45, 7) is 3.76. The first-order valence-electron chi connectivity index (χ1n) is 5.26. The summed E-state index contributed by atoms with van der Waals surface area (Å²) >= 11 is 0. The van der Waals surface area contributed by atoms with Crippen molar-refractivity contribution in [1.82, 2.24) is 10.0 Å². The van der Waals surface area contributed by atoms with E-state index < -0.39 is 21.5 Å². The topological polar surface area (TPSA) is 114 Å². The molecule has 1 amide bonds. The van der Waals surface area contributed by atoms with Crippen LogP contribution >= 0.6 is 12.4 Å². The maximum absolute atomic E-state index is 11.6. The predicted molar refractivity (Wildman–Crippen MR) is 72.8 cm³/mol. The third-order valence-electron chi connectivity index (χ3n) is 2.04. The van der Waals surface area contributed by atoms with Crippen molar-refractivity contribution in [1.29, 1.82) is 0 Å². The third kappa shape index (κ3) is 5.19. The summed E-state index contributed by atoms with van der Waals surface area (Å²) in [5.74, 6) is -0.584. The molecule has 9 heteroatoms. The summed E-state index contributed by atoms with van der Waals surface area (Å²) in [4.78, 5) is 11.6. The van der Waals surface area contributed by atoms with Gasteiger partial charge >= 0.3 is 0 Å². The zero-order valence-corrected chi connectivity index (χ0v) is 12.5. The van der Waals surface area contributed by atoms with E-state index in [-0.39, 0.29) is 29.8 Å². The lowest BCUT2D eigenvalue weighted by molar-refractivity contribution is 0.0913. The van der Waals surface area contributed by atoms with Crippen molar-refractivity contribution in [2.24, 2.45) is 5.73 Å². The lowest BCUT2D eigenvalue weighted by Crippen LogP contribution is -2.45. The zero-order valence-electron chi connectivity index (χ0n) is 10.9. The molecule has 0 fully saturated rings. The molecule has 0 spiro atoms. The molecule has 1 heterocycles. The van der Waals surface area contributed by atoms with E-state index in [9.17, 15) is 13.2 Å². The van der Waals surface area contributed by atoms with Crippen molar-refractivity contribution in [3.05, 3.63) is 17.9 Å². The number of hydrogen-bond acceptors (Lipinski definition) is 5. The van der Waals surface area contributed by atoms with E-state index in [1.54, 1.807) is 13.8 Å². The molecule has 1 rings (SSSR count). The van der Waals surface area contributed by atoms with Crippen LogP contribution in [0.5, 0.6) is 0 Å². The fourth-order valence-corrected chi connectivity index (χ4v) is 1.73. The van der Waals surface area contributed by atoms with Gasteiger partial charge < -0.3 is 15.5 Å². The van der Waals surface area contributed by atoms with Gasteiger partial charge in [-0.3, -0.25) is 4.79 Å². The minimum atomic E-state index is -3.68. The van der Waals surface area contributed by atoms with Crippen molar-refractivity contribution < 1.29 is 17.6 Å². The van der Waals surface area contributed by atoms with Crippen LogP contribution in [0.1, 0.15) is 24.4 Å². The standard InChI is InChI=1S/C10H17N3O4S.ClH/c1-10(2,11)6-13-9(14)7-4-5-8(17-7)18(15,16)12-3;/h4-5,12H,6,11H2,1-3H3,(H,13,14);1H. The summed E-state index contributed by atoms with van der Waals surface area (Å²) in [6, 6.07) is 2.51. The molecule has 110 valence electrons. The molecular weight excluding hydrogens is 294 g/mol. The minimum Gasteiger partial charge on any atom is -0.438 e. The normalized spacial score (nSPS) is 11.8. The Bertz CT molecular complexity index is 533. The highest BCUT2D eigenvalue weighted by atomic mass is 35.5. The van der Waals surface area contributed by atoms with Gasteiger partial charge in [0.05, 0.1) is 0 Å². The second-order valence-corrected chi connectivity index (χ2v) is 6.31. The molecule has 0 atom stereocenters. The first kappa shape index (κ1) is 17.9. The van der Waals surface area contributed by atoms with E-state index >= 15 is 0 Å². The molecule has 0 aliphatic heterocycles. The Hall–Kier alpha value is -1.09. The van der Waals surface area contributed by atoms with Gasteiger partial charge in [0.2, 0.25) is 5.09 Å². The average molecular weight is 312 g/mol.